The summed E-state index contributed by atoms with van der Waals surface area (Å²) in [5.41, 5.74) is 1.15. The molecule has 12 nitrogen and oxygen atoms in total. The Morgan fingerprint density at radius 3 is 2.40 bits per heavy atom. The highest BCUT2D eigenvalue weighted by atomic mass is 127. The fraction of sp³-hybridized carbons (Fsp3) is 0.600. The predicted molar refractivity (Wildman–Crippen MR) is 175 cm³/mol. The molecule has 1 aliphatic carbocycles. The van der Waals surface area contributed by atoms with E-state index in [2.05, 4.69) is 0 Å². The van der Waals surface area contributed by atoms with Crippen LogP contribution in [0.1, 0.15) is 54.9 Å². The first kappa shape index (κ1) is 41.6. The fourth-order valence-corrected chi connectivity index (χ4v) is 4.92. The van der Waals surface area contributed by atoms with E-state index < -0.39 is 24.6 Å². The van der Waals surface area contributed by atoms with Crippen molar-refractivity contribution in [1.29, 1.82) is 0 Å². The van der Waals surface area contributed by atoms with E-state index in [0.29, 0.717) is 28.4 Å². The average Bonchev–Trinajstić information content (AvgIpc) is 3.07. The van der Waals surface area contributed by atoms with Gasteiger partial charge in [-0.2, -0.15) is 0 Å². The Labute approximate surface area is 302 Å². The number of ether oxygens (including phenoxy) is 8. The average molecular weight is 789 g/mol. The second-order valence-corrected chi connectivity index (χ2v) is 12.6. The zero-order valence-electron chi connectivity index (χ0n) is 29.2. The molecular formula is C35H53IN2O10. The maximum Gasteiger partial charge on any atom is 0.417 e. The summed E-state index contributed by atoms with van der Waals surface area (Å²) < 4.78 is 45.1. The number of halogens is 1. The molecule has 1 fully saturated rings. The minimum Gasteiger partial charge on any atom is -1.00 e. The summed E-state index contributed by atoms with van der Waals surface area (Å²) >= 11 is 0. The van der Waals surface area contributed by atoms with Crippen molar-refractivity contribution >= 4 is 12.0 Å². The molecule has 3 rings (SSSR count). The Hall–Kier alpha value is -2.53. The van der Waals surface area contributed by atoms with E-state index in [0.717, 1.165) is 17.1 Å². The molecule has 2 aromatic rings. The third-order valence-electron chi connectivity index (χ3n) is 7.66. The molecule has 270 valence electrons. The highest BCUT2D eigenvalue weighted by Gasteiger charge is 2.29. The normalized spacial score (nSPS) is 14.8. The summed E-state index contributed by atoms with van der Waals surface area (Å²) in [5, 5.41) is 0. The lowest BCUT2D eigenvalue weighted by Gasteiger charge is -2.28. The molecule has 0 N–H and O–H groups in total. The Morgan fingerprint density at radius 2 is 1.69 bits per heavy atom. The van der Waals surface area contributed by atoms with Gasteiger partial charge in [0.05, 0.1) is 66.2 Å². The van der Waals surface area contributed by atoms with Crippen molar-refractivity contribution in [2.24, 2.45) is 5.92 Å². The Morgan fingerprint density at radius 1 is 0.938 bits per heavy atom. The largest absolute Gasteiger partial charge is 1.00 e. The van der Waals surface area contributed by atoms with Crippen LogP contribution in [0, 0.1) is 5.92 Å². The first-order valence-corrected chi connectivity index (χ1v) is 16.2. The first-order valence-electron chi connectivity index (χ1n) is 16.2. The van der Waals surface area contributed by atoms with Crippen LogP contribution in [-0.2, 0) is 35.0 Å². The van der Waals surface area contributed by atoms with E-state index in [1.165, 1.54) is 46.3 Å². The molecule has 13 heteroatoms. The minimum absolute atomic E-state index is 0. The van der Waals surface area contributed by atoms with E-state index in [9.17, 15) is 9.59 Å². The van der Waals surface area contributed by atoms with Crippen molar-refractivity contribution in [3.8, 4) is 11.5 Å². The van der Waals surface area contributed by atoms with Crippen LogP contribution >= 0.6 is 0 Å². The molecule has 2 amide bonds. The van der Waals surface area contributed by atoms with E-state index in [-0.39, 0.29) is 62.9 Å². The van der Waals surface area contributed by atoms with Crippen LogP contribution in [0.4, 0.5) is 4.79 Å². The smallest absolute Gasteiger partial charge is 0.417 e. The second kappa shape index (κ2) is 22.2. The number of amides is 2. The summed E-state index contributed by atoms with van der Waals surface area (Å²) in [7, 11) is 8.87. The van der Waals surface area contributed by atoms with Gasteiger partial charge in [0.15, 0.2) is 13.6 Å². The molecule has 0 bridgehead atoms. The first-order chi connectivity index (χ1) is 22.6. The van der Waals surface area contributed by atoms with Gasteiger partial charge in [-0.15, -0.1) is 0 Å². The molecule has 0 spiro atoms. The van der Waals surface area contributed by atoms with Crippen LogP contribution < -0.4 is 33.5 Å². The minimum atomic E-state index is -0.988. The second-order valence-electron chi connectivity index (χ2n) is 12.6. The number of rotatable bonds is 20. The summed E-state index contributed by atoms with van der Waals surface area (Å²) in [5.74, 6) is 1.20. The van der Waals surface area contributed by atoms with Crippen molar-refractivity contribution in [3.63, 3.8) is 0 Å². The van der Waals surface area contributed by atoms with Gasteiger partial charge in [0.25, 0.3) is 12.4 Å². The zero-order chi connectivity index (χ0) is 34.1. The lowest BCUT2D eigenvalue weighted by Crippen LogP contribution is -3.00. The van der Waals surface area contributed by atoms with E-state index in [1.807, 2.05) is 45.4 Å². The van der Waals surface area contributed by atoms with Crippen molar-refractivity contribution in [1.82, 2.24) is 4.90 Å². The number of imide groups is 1. The fourth-order valence-electron chi connectivity index (χ4n) is 4.92. The molecule has 0 radical (unpaired) electrons. The van der Waals surface area contributed by atoms with Gasteiger partial charge in [-0.25, -0.2) is 9.69 Å². The number of likely N-dealkylation sites (N-methyl/N-ethyl adjacent to an activating group) is 1. The van der Waals surface area contributed by atoms with Gasteiger partial charge in [-0.05, 0) is 55.5 Å². The Balaban J connectivity index is 0.00000800. The maximum absolute atomic E-state index is 13.4. The van der Waals surface area contributed by atoms with Crippen LogP contribution in [0.3, 0.4) is 0 Å². The molecular weight excluding hydrogens is 735 g/mol. The Bertz CT molecular complexity index is 1220. The van der Waals surface area contributed by atoms with Crippen LogP contribution in [0.15, 0.2) is 48.5 Å². The number of nitrogens with zero attached hydrogens (tertiary/aromatic N) is 2. The van der Waals surface area contributed by atoms with E-state index in [1.54, 1.807) is 31.2 Å². The zero-order valence-corrected chi connectivity index (χ0v) is 31.3. The molecule has 0 saturated heterocycles. The highest BCUT2D eigenvalue weighted by Crippen LogP contribution is 2.24. The maximum atomic E-state index is 13.4. The van der Waals surface area contributed by atoms with E-state index >= 15 is 0 Å². The monoisotopic (exact) mass is 788 g/mol. The third-order valence-corrected chi connectivity index (χ3v) is 7.66. The number of carbonyl (C=O) groups is 2. The molecule has 1 aliphatic rings. The van der Waals surface area contributed by atoms with Gasteiger partial charge in [-0.3, -0.25) is 4.79 Å². The van der Waals surface area contributed by atoms with Crippen LogP contribution in [0.5, 0.6) is 11.5 Å². The number of carbonyl (C=O) groups excluding carboxylic acids is 2. The van der Waals surface area contributed by atoms with Crippen molar-refractivity contribution in [3.05, 3.63) is 59.7 Å². The van der Waals surface area contributed by atoms with Gasteiger partial charge in [-0.1, -0.05) is 43.5 Å². The van der Waals surface area contributed by atoms with Gasteiger partial charge in [0, 0.05) is 7.11 Å². The number of hydrogen-bond donors (Lipinski definition) is 0. The quantitative estimate of drug-likeness (QED) is 0.0860. The van der Waals surface area contributed by atoms with Gasteiger partial charge >= 0.3 is 6.09 Å². The summed E-state index contributed by atoms with van der Waals surface area (Å²) in [6.07, 6.45) is 5.06. The van der Waals surface area contributed by atoms with Gasteiger partial charge in [0.1, 0.15) is 18.1 Å². The van der Waals surface area contributed by atoms with Crippen molar-refractivity contribution in [2.75, 3.05) is 75.3 Å². The molecule has 0 aliphatic heterocycles. The van der Waals surface area contributed by atoms with E-state index in [4.69, 9.17) is 37.9 Å². The SMILES string of the molecule is COc1ccccc1C(=O)N(CC[N+](C)(C)C)C(=O)OCC(C)OCOC(OC)OCc1cccc(OCOCC2CCCCC2)c1.[I-]. The standard InChI is InChI=1S/C35H53N2O10.HI/c1-27(22-43-34(39)36(19-20-37(2,3)4)33(38)31-17-10-11-18-32(31)40-5)45-26-47-35(41-6)44-24-29-15-12-16-30(21-29)46-25-42-23-28-13-8-7-9-14-28;/h10-12,15-18,21,27-28,35H,7-9,13-14,19-20,22-26H2,1-6H3;1H/q+1;/p-1. The number of para-hydroxylation sites is 1. The van der Waals surface area contributed by atoms with Crippen molar-refractivity contribution < 1.29 is 75.9 Å². The molecule has 2 atom stereocenters. The number of benzene rings is 2. The summed E-state index contributed by atoms with van der Waals surface area (Å²) in [6, 6.07) is 14.3. The van der Waals surface area contributed by atoms with Crippen LogP contribution in [0.2, 0.25) is 0 Å². The van der Waals surface area contributed by atoms with Crippen LogP contribution in [-0.4, -0.2) is 109 Å². The number of quaternary nitrogens is 1. The number of hydrogen-bond acceptors (Lipinski definition) is 10. The molecule has 2 aromatic carbocycles. The molecule has 0 aromatic heterocycles. The predicted octanol–water partition coefficient (Wildman–Crippen LogP) is 2.44. The topological polar surface area (TPSA) is 111 Å². The molecule has 48 heavy (non-hydrogen) atoms. The Kier molecular flexibility index (Phi) is 19.3. The lowest BCUT2D eigenvalue weighted by molar-refractivity contribution is -0.869. The number of methoxy groups -OCH3 is 2. The van der Waals surface area contributed by atoms with Crippen LogP contribution in [0.25, 0.3) is 0 Å². The highest BCUT2D eigenvalue weighted by molar-refractivity contribution is 6.04. The molecule has 0 heterocycles. The third kappa shape index (κ3) is 15.3. The van der Waals surface area contributed by atoms with Crippen molar-refractivity contribution in [2.45, 2.75) is 58.2 Å². The van der Waals surface area contributed by atoms with Gasteiger partial charge < -0.3 is 66.4 Å². The molecule has 1 saturated carbocycles. The molecule has 2 unspecified atom stereocenters. The summed E-state index contributed by atoms with van der Waals surface area (Å²) in [4.78, 5) is 27.5. The lowest BCUT2D eigenvalue weighted by atomic mass is 9.90. The summed E-state index contributed by atoms with van der Waals surface area (Å²) in [6.45, 7) is 2.31. The van der Waals surface area contributed by atoms with Gasteiger partial charge in [0.2, 0.25) is 0 Å².